The van der Waals surface area contributed by atoms with Crippen molar-refractivity contribution < 1.29 is 4.79 Å². The first-order valence-corrected chi connectivity index (χ1v) is 4.81. The maximum Gasteiger partial charge on any atom is 0.234 e. The maximum atomic E-state index is 10.8. The third kappa shape index (κ3) is 1.51. The molecule has 2 unspecified atom stereocenters. The number of hydrogen-bond donors (Lipinski definition) is 2. The lowest BCUT2D eigenvalue weighted by molar-refractivity contribution is -0.119. The van der Waals surface area contributed by atoms with Gasteiger partial charge in [0, 0.05) is 6.04 Å². The van der Waals surface area contributed by atoms with Crippen LogP contribution in [-0.4, -0.2) is 11.9 Å². The van der Waals surface area contributed by atoms with Gasteiger partial charge in [-0.05, 0) is 24.5 Å². The van der Waals surface area contributed by atoms with Crippen LogP contribution in [0.4, 0.5) is 0 Å². The second kappa shape index (κ2) is 3.42. The molecule has 3 nitrogen and oxygen atoms in total. The molecule has 2 atom stereocenters. The quantitative estimate of drug-likeness (QED) is 0.739. The van der Waals surface area contributed by atoms with Crippen LogP contribution >= 0.6 is 0 Å². The molecular formula is C11H14N2O. The van der Waals surface area contributed by atoms with Crippen LogP contribution in [-0.2, 0) is 11.2 Å². The molecule has 1 aliphatic rings. The molecule has 1 aromatic rings. The van der Waals surface area contributed by atoms with E-state index in [4.69, 9.17) is 5.73 Å². The molecule has 0 heterocycles. The summed E-state index contributed by atoms with van der Waals surface area (Å²) in [5.41, 5.74) is 7.84. The van der Waals surface area contributed by atoms with E-state index in [-0.39, 0.29) is 11.9 Å². The van der Waals surface area contributed by atoms with Crippen LogP contribution in [0, 0.1) is 0 Å². The summed E-state index contributed by atoms with van der Waals surface area (Å²) in [6, 6.07) is 8.29. The van der Waals surface area contributed by atoms with Crippen molar-refractivity contribution in [2.75, 3.05) is 0 Å². The third-order valence-electron chi connectivity index (χ3n) is 2.73. The van der Waals surface area contributed by atoms with Crippen LogP contribution in [0.1, 0.15) is 24.1 Å². The highest BCUT2D eigenvalue weighted by atomic mass is 16.1. The molecule has 74 valence electrons. The highest BCUT2D eigenvalue weighted by molar-refractivity contribution is 5.79. The van der Waals surface area contributed by atoms with Crippen LogP contribution in [0.25, 0.3) is 0 Å². The Kier molecular flexibility index (Phi) is 2.25. The first-order chi connectivity index (χ1) is 6.68. The van der Waals surface area contributed by atoms with Gasteiger partial charge in [-0.25, -0.2) is 0 Å². The zero-order valence-corrected chi connectivity index (χ0v) is 8.16. The van der Waals surface area contributed by atoms with Crippen LogP contribution in [0.3, 0.4) is 0 Å². The van der Waals surface area contributed by atoms with Crippen molar-refractivity contribution in [1.82, 2.24) is 5.32 Å². The van der Waals surface area contributed by atoms with E-state index in [0.717, 1.165) is 6.42 Å². The first-order valence-electron chi connectivity index (χ1n) is 4.81. The van der Waals surface area contributed by atoms with Crippen molar-refractivity contribution in [3.8, 4) is 0 Å². The predicted molar refractivity (Wildman–Crippen MR) is 54.7 cm³/mol. The van der Waals surface area contributed by atoms with Crippen LogP contribution < -0.4 is 11.1 Å². The van der Waals surface area contributed by atoms with Crippen LogP contribution in [0.5, 0.6) is 0 Å². The van der Waals surface area contributed by atoms with Gasteiger partial charge in [0.2, 0.25) is 5.91 Å². The number of carbonyl (C=O) groups excluding carboxylic acids is 1. The van der Waals surface area contributed by atoms with Crippen molar-refractivity contribution in [3.63, 3.8) is 0 Å². The number of nitrogens with one attached hydrogen (secondary N) is 1. The zero-order chi connectivity index (χ0) is 10.1. The van der Waals surface area contributed by atoms with Gasteiger partial charge in [0.05, 0.1) is 6.04 Å². The van der Waals surface area contributed by atoms with E-state index in [1.807, 2.05) is 12.1 Å². The summed E-state index contributed by atoms with van der Waals surface area (Å²) >= 11 is 0. The fraction of sp³-hybridized carbons (Fsp3) is 0.364. The molecule has 3 heteroatoms. The van der Waals surface area contributed by atoms with E-state index in [9.17, 15) is 4.79 Å². The number of amides is 1. The molecule has 0 aromatic heterocycles. The monoisotopic (exact) mass is 190 g/mol. The fourth-order valence-electron chi connectivity index (χ4n) is 1.79. The topological polar surface area (TPSA) is 55.1 Å². The fourth-order valence-corrected chi connectivity index (χ4v) is 1.79. The summed E-state index contributed by atoms with van der Waals surface area (Å²) in [6.07, 6.45) is 0.994. The van der Waals surface area contributed by atoms with E-state index >= 15 is 0 Å². The van der Waals surface area contributed by atoms with Crippen molar-refractivity contribution >= 4 is 5.91 Å². The van der Waals surface area contributed by atoms with E-state index in [1.54, 1.807) is 6.92 Å². The smallest absolute Gasteiger partial charge is 0.234 e. The van der Waals surface area contributed by atoms with Gasteiger partial charge in [0.25, 0.3) is 0 Å². The highest BCUT2D eigenvalue weighted by Gasteiger charge is 2.27. The second-order valence-corrected chi connectivity index (χ2v) is 3.75. The maximum absolute atomic E-state index is 10.8. The molecule has 1 amide bonds. The standard InChI is InChI=1S/C11H14N2O/c1-7(11(12)14)13-10-6-8-4-2-3-5-9(8)10/h2-5,7,10,13H,6H2,1H3,(H2,12,14). The molecule has 0 fully saturated rings. The summed E-state index contributed by atoms with van der Waals surface area (Å²) in [5.74, 6) is -0.297. The van der Waals surface area contributed by atoms with Gasteiger partial charge in [-0.2, -0.15) is 0 Å². The minimum absolute atomic E-state index is 0.256. The lowest BCUT2D eigenvalue weighted by Gasteiger charge is -2.32. The number of benzene rings is 1. The minimum Gasteiger partial charge on any atom is -0.368 e. The average molecular weight is 190 g/mol. The van der Waals surface area contributed by atoms with Gasteiger partial charge in [-0.1, -0.05) is 24.3 Å². The van der Waals surface area contributed by atoms with Gasteiger partial charge in [-0.3, -0.25) is 10.1 Å². The second-order valence-electron chi connectivity index (χ2n) is 3.75. The highest BCUT2D eigenvalue weighted by Crippen LogP contribution is 2.32. The van der Waals surface area contributed by atoms with Gasteiger partial charge in [-0.15, -0.1) is 0 Å². The van der Waals surface area contributed by atoms with Crippen LogP contribution in [0.15, 0.2) is 24.3 Å². The molecule has 14 heavy (non-hydrogen) atoms. The van der Waals surface area contributed by atoms with Crippen molar-refractivity contribution in [2.24, 2.45) is 5.73 Å². The van der Waals surface area contributed by atoms with E-state index in [0.29, 0.717) is 6.04 Å². The molecule has 2 rings (SSSR count). The Bertz CT molecular complexity index is 362. The Morgan fingerprint density at radius 3 is 2.93 bits per heavy atom. The first kappa shape index (κ1) is 9.21. The lowest BCUT2D eigenvalue weighted by Crippen LogP contribution is -2.44. The number of carbonyl (C=O) groups is 1. The molecule has 1 aliphatic carbocycles. The number of nitrogens with two attached hydrogens (primary N) is 1. The van der Waals surface area contributed by atoms with Crippen molar-refractivity contribution in [2.45, 2.75) is 25.4 Å². The summed E-state index contributed by atoms with van der Waals surface area (Å²) < 4.78 is 0. The van der Waals surface area contributed by atoms with E-state index < -0.39 is 0 Å². The predicted octanol–water partition coefficient (Wildman–Crippen LogP) is 0.747. The van der Waals surface area contributed by atoms with E-state index in [2.05, 4.69) is 17.4 Å². The van der Waals surface area contributed by atoms with Gasteiger partial charge in [0.1, 0.15) is 0 Å². The summed E-state index contributed by atoms with van der Waals surface area (Å²) in [7, 11) is 0. The molecule has 0 aliphatic heterocycles. The molecule has 1 aromatic carbocycles. The Hall–Kier alpha value is -1.35. The molecule has 0 bridgehead atoms. The zero-order valence-electron chi connectivity index (χ0n) is 8.16. The summed E-state index contributed by atoms with van der Waals surface area (Å²) in [5, 5.41) is 3.20. The Labute approximate surface area is 83.3 Å². The Morgan fingerprint density at radius 2 is 2.29 bits per heavy atom. The number of primary amides is 1. The molecule has 3 N–H and O–H groups in total. The molecular weight excluding hydrogens is 176 g/mol. The SMILES string of the molecule is CC(NC1Cc2ccccc21)C(N)=O. The minimum atomic E-state index is -0.297. The number of rotatable bonds is 3. The van der Waals surface area contributed by atoms with E-state index in [1.165, 1.54) is 11.1 Å². The molecule has 0 saturated carbocycles. The number of hydrogen-bond acceptors (Lipinski definition) is 2. The van der Waals surface area contributed by atoms with Crippen molar-refractivity contribution in [3.05, 3.63) is 35.4 Å². The van der Waals surface area contributed by atoms with Gasteiger partial charge < -0.3 is 5.73 Å². The summed E-state index contributed by atoms with van der Waals surface area (Å²) in [4.78, 5) is 10.8. The molecule has 0 radical (unpaired) electrons. The Balaban J connectivity index is 2.02. The Morgan fingerprint density at radius 1 is 1.57 bits per heavy atom. The van der Waals surface area contributed by atoms with Crippen molar-refractivity contribution in [1.29, 1.82) is 0 Å². The lowest BCUT2D eigenvalue weighted by atomic mass is 9.83. The average Bonchev–Trinajstić information content (AvgIpc) is 2.13. The normalized spacial score (nSPS) is 20.8. The van der Waals surface area contributed by atoms with Gasteiger partial charge in [0.15, 0.2) is 0 Å². The molecule has 0 spiro atoms. The number of fused-ring (bicyclic) bond motifs is 1. The molecule has 0 saturated heterocycles. The summed E-state index contributed by atoms with van der Waals surface area (Å²) in [6.45, 7) is 1.79. The van der Waals surface area contributed by atoms with Gasteiger partial charge >= 0.3 is 0 Å². The van der Waals surface area contributed by atoms with Crippen LogP contribution in [0.2, 0.25) is 0 Å². The third-order valence-corrected chi connectivity index (χ3v) is 2.73. The largest absolute Gasteiger partial charge is 0.368 e.